The molecular formula is C20H20Cl2N4O2S. The molecule has 1 N–H and O–H groups in total. The fourth-order valence-electron chi connectivity index (χ4n) is 2.53. The molecule has 0 spiro atoms. The standard InChI is InChI=1S/C20H20Cl2N4O2S/c1-12-5-4-6-16(13(12)2)23-19(27)11-29-20-25-24-18(26(20)3)10-28-17-8-7-14(21)9-15(17)22/h4-9H,10-11H2,1-3H3,(H,23,27). The van der Waals surface area contributed by atoms with E-state index in [0.29, 0.717) is 26.8 Å². The first kappa shape index (κ1) is 21.5. The molecule has 0 aliphatic rings. The molecule has 0 aliphatic carbocycles. The molecule has 0 saturated heterocycles. The number of hydrogen-bond donors (Lipinski definition) is 1. The molecule has 0 fully saturated rings. The number of rotatable bonds is 7. The number of benzene rings is 2. The maximum Gasteiger partial charge on any atom is 0.234 e. The van der Waals surface area contributed by atoms with Crippen molar-refractivity contribution in [1.82, 2.24) is 14.8 Å². The summed E-state index contributed by atoms with van der Waals surface area (Å²) in [7, 11) is 1.83. The zero-order valence-electron chi connectivity index (χ0n) is 16.2. The second kappa shape index (κ2) is 9.52. The van der Waals surface area contributed by atoms with Crippen LogP contribution < -0.4 is 10.1 Å². The number of thioether (sulfide) groups is 1. The van der Waals surface area contributed by atoms with Crippen LogP contribution in [0.4, 0.5) is 5.69 Å². The molecule has 0 radical (unpaired) electrons. The van der Waals surface area contributed by atoms with Crippen LogP contribution in [0.5, 0.6) is 5.75 Å². The van der Waals surface area contributed by atoms with Crippen molar-refractivity contribution in [1.29, 1.82) is 0 Å². The summed E-state index contributed by atoms with van der Waals surface area (Å²) in [5, 5.41) is 12.8. The number of aryl methyl sites for hydroxylation is 1. The maximum atomic E-state index is 12.3. The van der Waals surface area contributed by atoms with Gasteiger partial charge in [-0.1, -0.05) is 47.1 Å². The zero-order chi connectivity index (χ0) is 21.0. The normalized spacial score (nSPS) is 10.8. The molecular weight excluding hydrogens is 431 g/mol. The summed E-state index contributed by atoms with van der Waals surface area (Å²) in [4.78, 5) is 12.3. The van der Waals surface area contributed by atoms with E-state index in [4.69, 9.17) is 27.9 Å². The number of halogens is 2. The van der Waals surface area contributed by atoms with Gasteiger partial charge in [0.25, 0.3) is 0 Å². The summed E-state index contributed by atoms with van der Waals surface area (Å²) in [5.74, 6) is 1.26. The maximum absolute atomic E-state index is 12.3. The minimum absolute atomic E-state index is 0.0996. The van der Waals surface area contributed by atoms with E-state index >= 15 is 0 Å². The van der Waals surface area contributed by atoms with E-state index in [1.165, 1.54) is 11.8 Å². The number of carbonyl (C=O) groups is 1. The summed E-state index contributed by atoms with van der Waals surface area (Å²) in [6.45, 7) is 4.19. The van der Waals surface area contributed by atoms with Crippen LogP contribution in [-0.4, -0.2) is 26.4 Å². The second-order valence-electron chi connectivity index (χ2n) is 6.41. The quantitative estimate of drug-likeness (QED) is 0.510. The van der Waals surface area contributed by atoms with Crippen molar-refractivity contribution in [2.45, 2.75) is 25.6 Å². The van der Waals surface area contributed by atoms with Crippen molar-refractivity contribution < 1.29 is 9.53 Å². The molecule has 0 aliphatic heterocycles. The Bertz CT molecular complexity index is 1040. The van der Waals surface area contributed by atoms with Crippen LogP contribution in [0, 0.1) is 13.8 Å². The van der Waals surface area contributed by atoms with Gasteiger partial charge in [0, 0.05) is 17.8 Å². The Balaban J connectivity index is 1.56. The van der Waals surface area contributed by atoms with Crippen LogP contribution in [0.15, 0.2) is 41.6 Å². The molecule has 3 aromatic rings. The van der Waals surface area contributed by atoms with Crippen LogP contribution in [0.2, 0.25) is 10.0 Å². The average molecular weight is 451 g/mol. The summed E-state index contributed by atoms with van der Waals surface area (Å²) < 4.78 is 7.49. The third-order valence-electron chi connectivity index (χ3n) is 4.39. The molecule has 152 valence electrons. The molecule has 9 heteroatoms. The SMILES string of the molecule is Cc1cccc(NC(=O)CSc2nnc(COc3ccc(Cl)cc3Cl)n2C)c1C. The van der Waals surface area contributed by atoms with Crippen molar-refractivity contribution in [3.05, 3.63) is 63.4 Å². The van der Waals surface area contributed by atoms with Crippen LogP contribution in [0.3, 0.4) is 0 Å². The monoisotopic (exact) mass is 450 g/mol. The fourth-order valence-corrected chi connectivity index (χ4v) is 3.73. The largest absolute Gasteiger partial charge is 0.484 e. The van der Waals surface area contributed by atoms with Gasteiger partial charge in [0.15, 0.2) is 11.0 Å². The fraction of sp³-hybridized carbons (Fsp3) is 0.250. The third kappa shape index (κ3) is 5.44. The molecule has 1 heterocycles. The Morgan fingerprint density at radius 2 is 2.00 bits per heavy atom. The first-order valence-electron chi connectivity index (χ1n) is 8.80. The van der Waals surface area contributed by atoms with Crippen molar-refractivity contribution in [3.8, 4) is 5.75 Å². The molecule has 29 heavy (non-hydrogen) atoms. The molecule has 1 aromatic heterocycles. The van der Waals surface area contributed by atoms with Gasteiger partial charge in [0.05, 0.1) is 10.8 Å². The van der Waals surface area contributed by atoms with Gasteiger partial charge in [-0.15, -0.1) is 10.2 Å². The van der Waals surface area contributed by atoms with E-state index in [-0.39, 0.29) is 18.3 Å². The summed E-state index contributed by atoms with van der Waals surface area (Å²) in [6, 6.07) is 10.9. The van der Waals surface area contributed by atoms with E-state index in [1.54, 1.807) is 22.8 Å². The highest BCUT2D eigenvalue weighted by Gasteiger charge is 2.13. The third-order valence-corrected chi connectivity index (χ3v) is 5.94. The van der Waals surface area contributed by atoms with E-state index in [2.05, 4.69) is 15.5 Å². The molecule has 2 aromatic carbocycles. The van der Waals surface area contributed by atoms with E-state index in [1.807, 2.05) is 39.1 Å². The Hall–Kier alpha value is -2.22. The first-order valence-corrected chi connectivity index (χ1v) is 10.5. The van der Waals surface area contributed by atoms with Gasteiger partial charge in [-0.3, -0.25) is 4.79 Å². The Labute approximate surface area is 183 Å². The number of carbonyl (C=O) groups excluding carboxylic acids is 1. The average Bonchev–Trinajstić information content (AvgIpc) is 3.03. The van der Waals surface area contributed by atoms with Crippen LogP contribution in [-0.2, 0) is 18.4 Å². The van der Waals surface area contributed by atoms with Crippen molar-refractivity contribution in [2.75, 3.05) is 11.1 Å². The molecule has 0 atom stereocenters. The summed E-state index contributed by atoms with van der Waals surface area (Å²) >= 11 is 13.3. The minimum Gasteiger partial charge on any atom is -0.484 e. The van der Waals surface area contributed by atoms with Gasteiger partial charge in [-0.25, -0.2) is 0 Å². The van der Waals surface area contributed by atoms with Crippen molar-refractivity contribution in [2.24, 2.45) is 7.05 Å². The Morgan fingerprint density at radius 3 is 2.76 bits per heavy atom. The van der Waals surface area contributed by atoms with E-state index in [0.717, 1.165) is 16.8 Å². The van der Waals surface area contributed by atoms with Gasteiger partial charge in [0.1, 0.15) is 12.4 Å². The highest BCUT2D eigenvalue weighted by Crippen LogP contribution is 2.28. The molecule has 1 amide bonds. The molecule has 3 rings (SSSR count). The molecule has 0 bridgehead atoms. The van der Waals surface area contributed by atoms with Crippen molar-refractivity contribution >= 4 is 46.6 Å². The minimum atomic E-state index is -0.0996. The van der Waals surface area contributed by atoms with E-state index in [9.17, 15) is 4.79 Å². The lowest BCUT2D eigenvalue weighted by Crippen LogP contribution is -2.15. The summed E-state index contributed by atoms with van der Waals surface area (Å²) in [6.07, 6.45) is 0. The number of aromatic nitrogens is 3. The van der Waals surface area contributed by atoms with Gasteiger partial charge < -0.3 is 14.6 Å². The van der Waals surface area contributed by atoms with Crippen LogP contribution >= 0.6 is 35.0 Å². The van der Waals surface area contributed by atoms with Crippen LogP contribution in [0.25, 0.3) is 0 Å². The molecule has 0 unspecified atom stereocenters. The summed E-state index contributed by atoms with van der Waals surface area (Å²) in [5.41, 5.74) is 3.02. The number of ether oxygens (including phenoxy) is 1. The van der Waals surface area contributed by atoms with Crippen molar-refractivity contribution in [3.63, 3.8) is 0 Å². The van der Waals surface area contributed by atoms with Gasteiger partial charge in [-0.2, -0.15) is 0 Å². The highest BCUT2D eigenvalue weighted by atomic mass is 35.5. The topological polar surface area (TPSA) is 69.0 Å². The van der Waals surface area contributed by atoms with Gasteiger partial charge in [0.2, 0.25) is 5.91 Å². The van der Waals surface area contributed by atoms with Crippen LogP contribution in [0.1, 0.15) is 17.0 Å². The highest BCUT2D eigenvalue weighted by molar-refractivity contribution is 7.99. The number of amides is 1. The Morgan fingerprint density at radius 1 is 1.21 bits per heavy atom. The number of nitrogens with zero attached hydrogens (tertiary/aromatic N) is 3. The number of anilines is 1. The lowest BCUT2D eigenvalue weighted by Gasteiger charge is -2.10. The van der Waals surface area contributed by atoms with Gasteiger partial charge >= 0.3 is 0 Å². The zero-order valence-corrected chi connectivity index (χ0v) is 18.5. The number of nitrogens with one attached hydrogen (secondary N) is 1. The molecule has 6 nitrogen and oxygen atoms in total. The lowest BCUT2D eigenvalue weighted by molar-refractivity contribution is -0.113. The predicted octanol–water partition coefficient (Wildman–Crippen LogP) is 5.05. The first-order chi connectivity index (χ1) is 13.8. The molecule has 0 saturated carbocycles. The van der Waals surface area contributed by atoms with E-state index < -0.39 is 0 Å². The van der Waals surface area contributed by atoms with Gasteiger partial charge in [-0.05, 0) is 49.2 Å². The number of hydrogen-bond acceptors (Lipinski definition) is 5. The predicted molar refractivity (Wildman–Crippen MR) is 117 cm³/mol. The smallest absolute Gasteiger partial charge is 0.234 e. The Kier molecular flexibility index (Phi) is 7.05. The lowest BCUT2D eigenvalue weighted by atomic mass is 10.1. The second-order valence-corrected chi connectivity index (χ2v) is 8.19.